The molecule has 0 amide bonds. The van der Waals surface area contributed by atoms with E-state index >= 15 is 0 Å². The minimum atomic E-state index is -0.286. The summed E-state index contributed by atoms with van der Waals surface area (Å²) in [6.07, 6.45) is 7.59. The molecule has 0 bridgehead atoms. The fourth-order valence-corrected chi connectivity index (χ4v) is 2.96. The van der Waals surface area contributed by atoms with Gasteiger partial charge in [-0.05, 0) is 12.8 Å². The van der Waals surface area contributed by atoms with Crippen molar-refractivity contribution in [2.75, 3.05) is 23.3 Å². The molecule has 0 saturated carbocycles. The van der Waals surface area contributed by atoms with Gasteiger partial charge in [-0.3, -0.25) is 9.48 Å². The Morgan fingerprint density at radius 3 is 2.86 bits per heavy atom. The molecular weight excluding hydrogens is 304 g/mol. The zero-order valence-corrected chi connectivity index (χ0v) is 13.4. The molecule has 1 fully saturated rings. The maximum Gasteiger partial charge on any atom is 0.287 e. The molecule has 1 atom stereocenters. The number of aryl methyl sites for hydroxylation is 2. The predicted octanol–water partition coefficient (Wildman–Crippen LogP) is 1.25. The van der Waals surface area contributed by atoms with Gasteiger partial charge >= 0.3 is 0 Å². The van der Waals surface area contributed by atoms with E-state index in [0.29, 0.717) is 5.69 Å². The lowest BCUT2D eigenvalue weighted by molar-refractivity contribution is 0.529. The van der Waals surface area contributed by atoms with E-state index in [9.17, 15) is 4.79 Å². The van der Waals surface area contributed by atoms with Crippen molar-refractivity contribution in [3.63, 3.8) is 0 Å². The molecule has 1 saturated heterocycles. The second-order valence-corrected chi connectivity index (χ2v) is 5.98. The summed E-state index contributed by atoms with van der Waals surface area (Å²) in [6, 6.07) is 0.223. The Bertz CT molecular complexity index is 724. The molecule has 0 aliphatic carbocycles. The lowest BCUT2D eigenvalue weighted by Gasteiger charge is -2.34. The highest BCUT2D eigenvalue weighted by Crippen LogP contribution is 2.23. The van der Waals surface area contributed by atoms with Crippen molar-refractivity contribution in [3.8, 4) is 0 Å². The standard InChI is InChI=1S/C14H19ClN6O/c1-19-9-11(6-16-19)21-5-3-4-10(8-21)18-12-7-17-20(2)14(22)13(12)15/h6-7,9-10,18H,3-5,8H2,1-2H3/t10-/m0/s1. The maximum atomic E-state index is 11.8. The lowest BCUT2D eigenvalue weighted by atomic mass is 10.1. The third-order valence-electron chi connectivity index (χ3n) is 3.92. The van der Waals surface area contributed by atoms with E-state index in [1.54, 1.807) is 17.9 Å². The van der Waals surface area contributed by atoms with Gasteiger partial charge in [0, 0.05) is 39.4 Å². The summed E-state index contributed by atoms with van der Waals surface area (Å²) in [5.41, 5.74) is 1.43. The van der Waals surface area contributed by atoms with Crippen LogP contribution in [0.1, 0.15) is 12.8 Å². The molecule has 2 aromatic heterocycles. The largest absolute Gasteiger partial charge is 0.378 e. The average molecular weight is 323 g/mol. The highest BCUT2D eigenvalue weighted by Gasteiger charge is 2.22. The smallest absolute Gasteiger partial charge is 0.287 e. The topological polar surface area (TPSA) is 68.0 Å². The molecule has 1 N–H and O–H groups in total. The van der Waals surface area contributed by atoms with Gasteiger partial charge in [-0.2, -0.15) is 10.2 Å². The first-order valence-corrected chi connectivity index (χ1v) is 7.64. The summed E-state index contributed by atoms with van der Waals surface area (Å²) < 4.78 is 3.03. The third kappa shape index (κ3) is 2.94. The van der Waals surface area contributed by atoms with E-state index in [1.165, 1.54) is 4.68 Å². The Balaban J connectivity index is 1.73. The second kappa shape index (κ2) is 6.00. The molecule has 0 radical (unpaired) electrons. The van der Waals surface area contributed by atoms with Crippen LogP contribution in [-0.4, -0.2) is 38.7 Å². The molecule has 1 aliphatic heterocycles. The van der Waals surface area contributed by atoms with Crippen LogP contribution in [-0.2, 0) is 14.1 Å². The zero-order valence-electron chi connectivity index (χ0n) is 12.7. The zero-order chi connectivity index (χ0) is 15.7. The van der Waals surface area contributed by atoms with Gasteiger partial charge in [-0.25, -0.2) is 4.68 Å². The van der Waals surface area contributed by atoms with Gasteiger partial charge in [0.05, 0.1) is 23.8 Å². The Labute approximate surface area is 133 Å². The Kier molecular flexibility index (Phi) is 4.06. The van der Waals surface area contributed by atoms with Crippen LogP contribution in [0.5, 0.6) is 0 Å². The average Bonchev–Trinajstić information content (AvgIpc) is 2.95. The lowest BCUT2D eigenvalue weighted by Crippen LogP contribution is -2.42. The molecule has 3 rings (SSSR count). The monoisotopic (exact) mass is 322 g/mol. The predicted molar refractivity (Wildman–Crippen MR) is 86.6 cm³/mol. The van der Waals surface area contributed by atoms with Gasteiger partial charge in [-0.15, -0.1) is 0 Å². The fourth-order valence-electron chi connectivity index (χ4n) is 2.73. The van der Waals surface area contributed by atoms with Gasteiger partial charge in [0.1, 0.15) is 5.02 Å². The van der Waals surface area contributed by atoms with Crippen molar-refractivity contribution >= 4 is 23.0 Å². The van der Waals surface area contributed by atoms with Crippen molar-refractivity contribution in [1.29, 1.82) is 0 Å². The molecule has 0 unspecified atom stereocenters. The number of hydrogen-bond donors (Lipinski definition) is 1. The summed E-state index contributed by atoms with van der Waals surface area (Å²) in [6.45, 7) is 1.85. The molecule has 8 heteroatoms. The highest BCUT2D eigenvalue weighted by atomic mass is 35.5. The van der Waals surface area contributed by atoms with Crippen molar-refractivity contribution in [3.05, 3.63) is 34.0 Å². The first-order valence-electron chi connectivity index (χ1n) is 7.26. The number of nitrogens with one attached hydrogen (secondary N) is 1. The van der Waals surface area contributed by atoms with Crippen LogP contribution < -0.4 is 15.8 Å². The number of anilines is 2. The van der Waals surface area contributed by atoms with E-state index in [-0.39, 0.29) is 16.6 Å². The molecule has 2 aromatic rings. The number of nitrogens with zero attached hydrogens (tertiary/aromatic N) is 5. The molecule has 118 valence electrons. The van der Waals surface area contributed by atoms with Gasteiger partial charge in [0.2, 0.25) is 0 Å². The Morgan fingerprint density at radius 1 is 1.32 bits per heavy atom. The van der Waals surface area contributed by atoms with E-state index < -0.39 is 0 Å². The molecule has 1 aliphatic rings. The quantitative estimate of drug-likeness (QED) is 0.921. The van der Waals surface area contributed by atoms with Crippen LogP contribution in [0.2, 0.25) is 5.02 Å². The van der Waals surface area contributed by atoms with E-state index in [0.717, 1.165) is 31.6 Å². The molecular formula is C14H19ClN6O. The number of aromatic nitrogens is 4. The third-order valence-corrected chi connectivity index (χ3v) is 4.28. The van der Waals surface area contributed by atoms with Crippen LogP contribution in [0.4, 0.5) is 11.4 Å². The number of halogens is 1. The summed E-state index contributed by atoms with van der Waals surface area (Å²) in [4.78, 5) is 14.1. The van der Waals surface area contributed by atoms with E-state index in [2.05, 4.69) is 20.4 Å². The van der Waals surface area contributed by atoms with Crippen molar-refractivity contribution in [1.82, 2.24) is 19.6 Å². The van der Waals surface area contributed by atoms with Gasteiger partial charge < -0.3 is 10.2 Å². The Morgan fingerprint density at radius 2 is 2.14 bits per heavy atom. The number of hydrogen-bond acceptors (Lipinski definition) is 5. The van der Waals surface area contributed by atoms with Crippen LogP contribution in [0.25, 0.3) is 0 Å². The van der Waals surface area contributed by atoms with Crippen LogP contribution >= 0.6 is 11.6 Å². The minimum absolute atomic E-state index is 0.191. The Hall–Kier alpha value is -2.02. The molecule has 22 heavy (non-hydrogen) atoms. The number of piperidine rings is 1. The minimum Gasteiger partial charge on any atom is -0.378 e. The van der Waals surface area contributed by atoms with Crippen molar-refractivity contribution in [2.24, 2.45) is 14.1 Å². The van der Waals surface area contributed by atoms with Crippen LogP contribution in [0, 0.1) is 0 Å². The van der Waals surface area contributed by atoms with Gasteiger partial charge in [0.25, 0.3) is 5.56 Å². The first-order chi connectivity index (χ1) is 10.5. The van der Waals surface area contributed by atoms with E-state index in [4.69, 9.17) is 11.6 Å². The SMILES string of the molecule is Cn1cc(N2CCC[C@H](Nc3cnn(C)c(=O)c3Cl)C2)cn1. The fraction of sp³-hybridized carbons (Fsp3) is 0.500. The first kappa shape index (κ1) is 14.9. The van der Waals surface area contributed by atoms with Gasteiger partial charge in [-0.1, -0.05) is 11.6 Å². The normalized spacial score (nSPS) is 18.5. The molecule has 3 heterocycles. The highest BCUT2D eigenvalue weighted by molar-refractivity contribution is 6.32. The van der Waals surface area contributed by atoms with E-state index in [1.807, 2.05) is 19.4 Å². The van der Waals surface area contributed by atoms with Crippen LogP contribution in [0.3, 0.4) is 0 Å². The summed E-state index contributed by atoms with van der Waals surface area (Å²) in [5.74, 6) is 0. The summed E-state index contributed by atoms with van der Waals surface area (Å²) in [5, 5.41) is 11.8. The number of rotatable bonds is 3. The molecule has 0 aromatic carbocycles. The maximum absolute atomic E-state index is 11.8. The second-order valence-electron chi connectivity index (χ2n) is 5.60. The molecule has 7 nitrogen and oxygen atoms in total. The molecule has 0 spiro atoms. The van der Waals surface area contributed by atoms with Gasteiger partial charge in [0.15, 0.2) is 0 Å². The summed E-state index contributed by atoms with van der Waals surface area (Å²) >= 11 is 6.11. The summed E-state index contributed by atoms with van der Waals surface area (Å²) in [7, 11) is 3.50. The van der Waals surface area contributed by atoms with Crippen LogP contribution in [0.15, 0.2) is 23.4 Å². The van der Waals surface area contributed by atoms with Crippen molar-refractivity contribution in [2.45, 2.75) is 18.9 Å². The van der Waals surface area contributed by atoms with Crippen molar-refractivity contribution < 1.29 is 0 Å².